The van der Waals surface area contributed by atoms with Crippen LogP contribution in [0.2, 0.25) is 0 Å². The first-order valence-corrected chi connectivity index (χ1v) is 7.91. The fraction of sp³-hybridized carbons (Fsp3) is 0.875. The molecule has 2 aliphatic rings. The summed E-state index contributed by atoms with van der Waals surface area (Å²) in [5, 5.41) is 0. The minimum atomic E-state index is -0.757. The molecule has 2 fully saturated rings. The van der Waals surface area contributed by atoms with Crippen molar-refractivity contribution in [1.82, 2.24) is 0 Å². The van der Waals surface area contributed by atoms with Crippen LogP contribution in [0.4, 0.5) is 0 Å². The van der Waals surface area contributed by atoms with Gasteiger partial charge in [0.05, 0.1) is 12.0 Å². The zero-order valence-electron chi connectivity index (χ0n) is 14.4. The number of rotatable bonds is 6. The predicted molar refractivity (Wildman–Crippen MR) is 79.3 cm³/mol. The summed E-state index contributed by atoms with van der Waals surface area (Å²) >= 11 is 0. The van der Waals surface area contributed by atoms with Crippen LogP contribution >= 0.6 is 0 Å². The Balaban J connectivity index is 1.81. The van der Waals surface area contributed by atoms with E-state index in [1.165, 1.54) is 0 Å². The first kappa shape index (κ1) is 18.2. The molecule has 2 aliphatic heterocycles. The molecular weight excluding hydrogens is 304 g/mol. The van der Waals surface area contributed by atoms with E-state index in [4.69, 9.17) is 23.7 Å². The van der Waals surface area contributed by atoms with Crippen LogP contribution in [-0.4, -0.2) is 49.4 Å². The zero-order chi connectivity index (χ0) is 17.3. The van der Waals surface area contributed by atoms with Crippen LogP contribution in [0, 0.1) is 5.41 Å². The van der Waals surface area contributed by atoms with Crippen LogP contribution in [0.1, 0.15) is 47.5 Å². The van der Waals surface area contributed by atoms with Gasteiger partial charge in [-0.1, -0.05) is 0 Å². The zero-order valence-corrected chi connectivity index (χ0v) is 14.4. The SMILES string of the molecule is CC1(C)O[C@@H]2O[C@@H](CCCOC(=O)C(C)(C)C)[C@@H](OC=O)[C@@H]2O1. The normalized spacial score (nSPS) is 32.4. The molecule has 0 spiro atoms. The van der Waals surface area contributed by atoms with E-state index in [1.54, 1.807) is 34.6 Å². The van der Waals surface area contributed by atoms with Crippen LogP contribution in [0.5, 0.6) is 0 Å². The Hall–Kier alpha value is -1.18. The van der Waals surface area contributed by atoms with Crippen LogP contribution in [-0.2, 0) is 33.3 Å². The Morgan fingerprint density at radius 1 is 1.26 bits per heavy atom. The molecule has 0 unspecified atom stereocenters. The van der Waals surface area contributed by atoms with Gasteiger partial charge in [-0.25, -0.2) is 0 Å². The summed E-state index contributed by atoms with van der Waals surface area (Å²) in [6.45, 7) is 9.69. The van der Waals surface area contributed by atoms with Gasteiger partial charge >= 0.3 is 5.97 Å². The maximum absolute atomic E-state index is 11.7. The second kappa shape index (κ2) is 6.75. The molecule has 0 saturated carbocycles. The van der Waals surface area contributed by atoms with Crippen LogP contribution in [0.3, 0.4) is 0 Å². The maximum Gasteiger partial charge on any atom is 0.311 e. The maximum atomic E-state index is 11.7. The molecule has 0 aromatic carbocycles. The lowest BCUT2D eigenvalue weighted by molar-refractivity contribution is -0.217. The van der Waals surface area contributed by atoms with Crippen molar-refractivity contribution in [3.63, 3.8) is 0 Å². The molecular formula is C16H26O7. The van der Waals surface area contributed by atoms with E-state index in [-0.39, 0.29) is 12.1 Å². The highest BCUT2D eigenvalue weighted by molar-refractivity contribution is 5.75. The van der Waals surface area contributed by atoms with Crippen molar-refractivity contribution < 1.29 is 33.3 Å². The van der Waals surface area contributed by atoms with E-state index in [0.717, 1.165) is 0 Å². The van der Waals surface area contributed by atoms with E-state index >= 15 is 0 Å². The van der Waals surface area contributed by atoms with Crippen molar-refractivity contribution in [3.05, 3.63) is 0 Å². The van der Waals surface area contributed by atoms with E-state index in [9.17, 15) is 9.59 Å². The molecule has 0 amide bonds. The quantitative estimate of drug-likeness (QED) is 0.417. The lowest BCUT2D eigenvalue weighted by Gasteiger charge is -2.24. The smallest absolute Gasteiger partial charge is 0.311 e. The molecule has 2 heterocycles. The molecule has 23 heavy (non-hydrogen) atoms. The second-order valence-corrected chi connectivity index (χ2v) is 7.37. The first-order valence-electron chi connectivity index (χ1n) is 7.91. The second-order valence-electron chi connectivity index (χ2n) is 7.37. The standard InChI is InChI=1S/C16H26O7/c1-15(2,3)14(18)19-8-6-7-10-11(20-9-17)12-13(21-10)23-16(4,5)22-12/h9-13H,6-8H2,1-5H3/t10-,11+,12-,13-/m0/s1. The average Bonchev–Trinajstić information content (AvgIpc) is 2.87. The summed E-state index contributed by atoms with van der Waals surface area (Å²) in [5.74, 6) is -0.997. The van der Waals surface area contributed by atoms with Crippen LogP contribution in [0.15, 0.2) is 0 Å². The Bertz CT molecular complexity index is 440. The molecule has 0 aromatic heterocycles. The summed E-state index contributed by atoms with van der Waals surface area (Å²) in [6, 6.07) is 0. The van der Waals surface area contributed by atoms with E-state index < -0.39 is 29.7 Å². The third-order valence-electron chi connectivity index (χ3n) is 3.78. The minimum Gasteiger partial charge on any atom is -0.465 e. The van der Waals surface area contributed by atoms with Gasteiger partial charge in [-0.15, -0.1) is 0 Å². The van der Waals surface area contributed by atoms with Crippen molar-refractivity contribution in [1.29, 1.82) is 0 Å². The van der Waals surface area contributed by atoms with E-state index in [0.29, 0.717) is 25.9 Å². The van der Waals surface area contributed by atoms with Gasteiger partial charge in [-0.05, 0) is 47.5 Å². The van der Waals surface area contributed by atoms with E-state index in [1.807, 2.05) is 0 Å². The van der Waals surface area contributed by atoms with Gasteiger partial charge < -0.3 is 23.7 Å². The Morgan fingerprint density at radius 2 is 1.96 bits per heavy atom. The van der Waals surface area contributed by atoms with Crippen LogP contribution < -0.4 is 0 Å². The van der Waals surface area contributed by atoms with Gasteiger partial charge in [0.1, 0.15) is 6.10 Å². The topological polar surface area (TPSA) is 80.3 Å². The van der Waals surface area contributed by atoms with Gasteiger partial charge in [0.2, 0.25) is 0 Å². The number of carbonyl (C=O) groups excluding carboxylic acids is 2. The predicted octanol–water partition coefficient (Wildman–Crippen LogP) is 1.77. The Morgan fingerprint density at radius 3 is 2.57 bits per heavy atom. The monoisotopic (exact) mass is 330 g/mol. The lowest BCUT2D eigenvalue weighted by atomic mass is 9.97. The first-order chi connectivity index (χ1) is 10.6. The molecule has 0 bridgehead atoms. The third-order valence-corrected chi connectivity index (χ3v) is 3.78. The molecule has 2 rings (SSSR count). The molecule has 4 atom stereocenters. The highest BCUT2D eigenvalue weighted by Crippen LogP contribution is 2.39. The summed E-state index contributed by atoms with van der Waals surface area (Å²) in [7, 11) is 0. The number of ether oxygens (including phenoxy) is 5. The fourth-order valence-corrected chi connectivity index (χ4v) is 2.67. The number of hydrogen-bond acceptors (Lipinski definition) is 7. The lowest BCUT2D eigenvalue weighted by Crippen LogP contribution is -2.36. The van der Waals surface area contributed by atoms with Crippen LogP contribution in [0.25, 0.3) is 0 Å². The van der Waals surface area contributed by atoms with Crippen molar-refractivity contribution in [2.45, 2.75) is 77.8 Å². The molecule has 0 radical (unpaired) electrons. The Kier molecular flexibility index (Phi) is 5.33. The van der Waals surface area contributed by atoms with Crippen molar-refractivity contribution in [2.75, 3.05) is 6.61 Å². The highest BCUT2D eigenvalue weighted by atomic mass is 16.8. The summed E-state index contributed by atoms with van der Waals surface area (Å²) in [6.07, 6.45) is -0.643. The average molecular weight is 330 g/mol. The van der Waals surface area contributed by atoms with Gasteiger partial charge in [-0.2, -0.15) is 0 Å². The van der Waals surface area contributed by atoms with Crippen molar-refractivity contribution in [2.24, 2.45) is 5.41 Å². The Labute approximate surface area is 136 Å². The summed E-state index contributed by atoms with van der Waals surface area (Å²) < 4.78 is 27.5. The summed E-state index contributed by atoms with van der Waals surface area (Å²) in [4.78, 5) is 22.4. The number of esters is 1. The number of hydrogen-bond donors (Lipinski definition) is 0. The molecule has 132 valence electrons. The molecule has 2 saturated heterocycles. The van der Waals surface area contributed by atoms with Crippen molar-refractivity contribution >= 4 is 12.4 Å². The fourth-order valence-electron chi connectivity index (χ4n) is 2.67. The van der Waals surface area contributed by atoms with Gasteiger partial charge in [0.25, 0.3) is 6.47 Å². The highest BCUT2D eigenvalue weighted by Gasteiger charge is 2.55. The molecule has 0 N–H and O–H groups in total. The largest absolute Gasteiger partial charge is 0.465 e. The molecule has 7 heteroatoms. The molecule has 0 aromatic rings. The van der Waals surface area contributed by atoms with Gasteiger partial charge in [0, 0.05) is 0 Å². The third kappa shape index (κ3) is 4.43. The van der Waals surface area contributed by atoms with Crippen molar-refractivity contribution in [3.8, 4) is 0 Å². The molecule has 0 aliphatic carbocycles. The van der Waals surface area contributed by atoms with Gasteiger partial charge in [-0.3, -0.25) is 9.59 Å². The number of carbonyl (C=O) groups is 2. The summed E-state index contributed by atoms with van der Waals surface area (Å²) in [5.41, 5.74) is -0.517. The van der Waals surface area contributed by atoms with Gasteiger partial charge in [0.15, 0.2) is 24.3 Å². The van der Waals surface area contributed by atoms with E-state index in [2.05, 4.69) is 0 Å². The minimum absolute atomic E-state index is 0.240. The molecule has 7 nitrogen and oxygen atoms in total. The number of fused-ring (bicyclic) bond motifs is 1.